The van der Waals surface area contributed by atoms with Crippen LogP contribution in [0.2, 0.25) is 0 Å². The third-order valence-electron chi connectivity index (χ3n) is 3.40. The fourth-order valence-corrected chi connectivity index (χ4v) is 1.90. The van der Waals surface area contributed by atoms with Crippen LogP contribution in [0.25, 0.3) is 0 Å². The topological polar surface area (TPSA) is 12.0 Å². The number of hydrogen-bond donors (Lipinski definition) is 1. The van der Waals surface area contributed by atoms with Crippen molar-refractivity contribution in [2.45, 2.75) is 52.5 Å². The van der Waals surface area contributed by atoms with E-state index in [1.54, 1.807) is 0 Å². The molecular formula is C15H25N. The van der Waals surface area contributed by atoms with Crippen LogP contribution >= 0.6 is 0 Å². The van der Waals surface area contributed by atoms with E-state index < -0.39 is 0 Å². The van der Waals surface area contributed by atoms with E-state index in [1.807, 2.05) is 7.05 Å². The Labute approximate surface area is 100 Å². The van der Waals surface area contributed by atoms with Crippen molar-refractivity contribution in [1.82, 2.24) is 5.32 Å². The van der Waals surface area contributed by atoms with Crippen molar-refractivity contribution >= 4 is 0 Å². The lowest BCUT2D eigenvalue weighted by atomic mass is 9.81. The highest BCUT2D eigenvalue weighted by molar-refractivity contribution is 5.38. The molecule has 1 aromatic rings. The maximum absolute atomic E-state index is 3.38. The summed E-state index contributed by atoms with van der Waals surface area (Å²) in [6, 6.07) is 6.81. The van der Waals surface area contributed by atoms with Gasteiger partial charge in [0.05, 0.1) is 0 Å². The largest absolute Gasteiger partial charge is 0.311 e. The molecule has 0 aliphatic carbocycles. The van der Waals surface area contributed by atoms with Crippen LogP contribution in [0, 0.1) is 6.92 Å². The molecular weight excluding hydrogens is 194 g/mol. The molecule has 0 saturated carbocycles. The van der Waals surface area contributed by atoms with Crippen LogP contribution in [0.4, 0.5) is 0 Å². The lowest BCUT2D eigenvalue weighted by Gasteiger charge is -2.29. The SMILES string of the molecule is CNC(C)(C)c1cc(C(C)(C)C)ccc1C. The summed E-state index contributed by atoms with van der Waals surface area (Å²) >= 11 is 0. The zero-order valence-electron chi connectivity index (χ0n) is 11.7. The average molecular weight is 219 g/mol. The fraction of sp³-hybridized carbons (Fsp3) is 0.600. The van der Waals surface area contributed by atoms with Crippen LogP contribution < -0.4 is 5.32 Å². The monoisotopic (exact) mass is 219 g/mol. The van der Waals surface area contributed by atoms with Gasteiger partial charge >= 0.3 is 0 Å². The summed E-state index contributed by atoms with van der Waals surface area (Å²) in [7, 11) is 2.02. The number of hydrogen-bond acceptors (Lipinski definition) is 1. The normalized spacial score (nSPS) is 12.9. The maximum atomic E-state index is 3.38. The Morgan fingerprint density at radius 1 is 1.00 bits per heavy atom. The predicted molar refractivity (Wildman–Crippen MR) is 72.0 cm³/mol. The molecule has 1 heteroatoms. The zero-order chi connectivity index (χ0) is 12.6. The Morgan fingerprint density at radius 3 is 2.00 bits per heavy atom. The van der Waals surface area contributed by atoms with E-state index >= 15 is 0 Å². The molecule has 0 fully saturated rings. The van der Waals surface area contributed by atoms with Gasteiger partial charge in [0.15, 0.2) is 0 Å². The summed E-state index contributed by atoms with van der Waals surface area (Å²) in [5.74, 6) is 0. The molecule has 90 valence electrons. The van der Waals surface area contributed by atoms with Crippen molar-refractivity contribution in [2.75, 3.05) is 7.05 Å². The van der Waals surface area contributed by atoms with Gasteiger partial charge in [-0.3, -0.25) is 0 Å². The minimum Gasteiger partial charge on any atom is -0.311 e. The summed E-state index contributed by atoms with van der Waals surface area (Å²) < 4.78 is 0. The van der Waals surface area contributed by atoms with E-state index in [0.717, 1.165) is 0 Å². The van der Waals surface area contributed by atoms with Gasteiger partial charge in [-0.2, -0.15) is 0 Å². The molecule has 0 heterocycles. The molecule has 1 rings (SSSR count). The molecule has 16 heavy (non-hydrogen) atoms. The second-order valence-electron chi connectivity index (χ2n) is 6.15. The van der Waals surface area contributed by atoms with E-state index in [-0.39, 0.29) is 11.0 Å². The molecule has 1 N–H and O–H groups in total. The van der Waals surface area contributed by atoms with Crippen LogP contribution in [-0.4, -0.2) is 7.05 Å². The van der Waals surface area contributed by atoms with Gasteiger partial charge in [-0.1, -0.05) is 39.0 Å². The number of benzene rings is 1. The second kappa shape index (κ2) is 4.21. The lowest BCUT2D eigenvalue weighted by molar-refractivity contribution is 0.440. The fourth-order valence-electron chi connectivity index (χ4n) is 1.90. The van der Waals surface area contributed by atoms with Crippen LogP contribution in [0.15, 0.2) is 18.2 Å². The lowest BCUT2D eigenvalue weighted by Crippen LogP contribution is -2.34. The first-order valence-electron chi connectivity index (χ1n) is 5.99. The average Bonchev–Trinajstić information content (AvgIpc) is 2.16. The summed E-state index contributed by atoms with van der Waals surface area (Å²) in [6.07, 6.45) is 0. The highest BCUT2D eigenvalue weighted by Gasteiger charge is 2.22. The van der Waals surface area contributed by atoms with Gasteiger partial charge in [0.25, 0.3) is 0 Å². The Hall–Kier alpha value is -0.820. The molecule has 0 atom stereocenters. The van der Waals surface area contributed by atoms with Gasteiger partial charge in [-0.15, -0.1) is 0 Å². The summed E-state index contributed by atoms with van der Waals surface area (Å²) in [4.78, 5) is 0. The molecule has 0 bridgehead atoms. The second-order valence-corrected chi connectivity index (χ2v) is 6.15. The molecule has 0 aromatic heterocycles. The van der Waals surface area contributed by atoms with Crippen LogP contribution in [0.5, 0.6) is 0 Å². The molecule has 1 aromatic carbocycles. The molecule has 0 spiro atoms. The Balaban J connectivity index is 3.30. The van der Waals surface area contributed by atoms with E-state index in [2.05, 4.69) is 65.1 Å². The van der Waals surface area contributed by atoms with Gasteiger partial charge in [-0.25, -0.2) is 0 Å². The van der Waals surface area contributed by atoms with Crippen molar-refractivity contribution in [3.63, 3.8) is 0 Å². The van der Waals surface area contributed by atoms with E-state index in [9.17, 15) is 0 Å². The van der Waals surface area contributed by atoms with Crippen LogP contribution in [-0.2, 0) is 11.0 Å². The maximum Gasteiger partial charge on any atom is 0.0377 e. The van der Waals surface area contributed by atoms with Crippen molar-refractivity contribution < 1.29 is 0 Å². The predicted octanol–water partition coefficient (Wildman–Crippen LogP) is 3.75. The van der Waals surface area contributed by atoms with E-state index in [1.165, 1.54) is 16.7 Å². The van der Waals surface area contributed by atoms with Gasteiger partial charge < -0.3 is 5.32 Å². The molecule has 0 unspecified atom stereocenters. The van der Waals surface area contributed by atoms with Gasteiger partial charge in [-0.05, 0) is 49.9 Å². The van der Waals surface area contributed by atoms with E-state index in [4.69, 9.17) is 0 Å². The highest BCUT2D eigenvalue weighted by Crippen LogP contribution is 2.29. The van der Waals surface area contributed by atoms with E-state index in [0.29, 0.717) is 0 Å². The van der Waals surface area contributed by atoms with Crippen molar-refractivity contribution in [2.24, 2.45) is 0 Å². The molecule has 0 radical (unpaired) electrons. The van der Waals surface area contributed by atoms with Gasteiger partial charge in [0.2, 0.25) is 0 Å². The van der Waals surface area contributed by atoms with Crippen LogP contribution in [0.3, 0.4) is 0 Å². The van der Waals surface area contributed by atoms with Gasteiger partial charge in [0, 0.05) is 5.54 Å². The highest BCUT2D eigenvalue weighted by atomic mass is 14.9. The quantitative estimate of drug-likeness (QED) is 0.799. The first kappa shape index (κ1) is 13.2. The summed E-state index contributed by atoms with van der Waals surface area (Å²) in [5.41, 5.74) is 4.39. The zero-order valence-corrected chi connectivity index (χ0v) is 11.7. The first-order chi connectivity index (χ1) is 7.18. The molecule has 0 saturated heterocycles. The Kier molecular flexibility index (Phi) is 3.49. The van der Waals surface area contributed by atoms with Crippen LogP contribution in [0.1, 0.15) is 51.3 Å². The third kappa shape index (κ3) is 2.65. The Bertz CT molecular complexity index is 370. The third-order valence-corrected chi connectivity index (χ3v) is 3.40. The molecule has 0 aliphatic heterocycles. The van der Waals surface area contributed by atoms with Crippen molar-refractivity contribution in [3.05, 3.63) is 34.9 Å². The van der Waals surface area contributed by atoms with Crippen molar-refractivity contribution in [3.8, 4) is 0 Å². The molecule has 0 amide bonds. The number of aryl methyl sites for hydroxylation is 1. The Morgan fingerprint density at radius 2 is 1.56 bits per heavy atom. The summed E-state index contributed by atoms with van der Waals surface area (Å²) in [5, 5.41) is 3.38. The standard InChI is InChI=1S/C15H25N/c1-11-8-9-12(14(2,3)4)10-13(11)15(5,6)16-7/h8-10,16H,1-7H3. The number of rotatable bonds is 2. The summed E-state index contributed by atoms with van der Waals surface area (Å²) in [6.45, 7) is 13.4. The molecule has 1 nitrogen and oxygen atoms in total. The van der Waals surface area contributed by atoms with Crippen molar-refractivity contribution in [1.29, 1.82) is 0 Å². The smallest absolute Gasteiger partial charge is 0.0377 e. The number of nitrogens with one attached hydrogen (secondary N) is 1. The molecule has 0 aliphatic rings. The van der Waals surface area contributed by atoms with Gasteiger partial charge in [0.1, 0.15) is 0 Å². The first-order valence-corrected chi connectivity index (χ1v) is 5.99. The minimum atomic E-state index is 0.0331. The minimum absolute atomic E-state index is 0.0331.